The van der Waals surface area contributed by atoms with Gasteiger partial charge in [-0.05, 0) is 60.5 Å². The number of aryl methyl sites for hydroxylation is 1. The normalized spacial score (nSPS) is 11.3. The van der Waals surface area contributed by atoms with Crippen LogP contribution >= 0.6 is 11.6 Å². The highest BCUT2D eigenvalue weighted by Gasteiger charge is 2.20. The number of rotatable bonds is 5. The lowest BCUT2D eigenvalue weighted by atomic mass is 10.0. The first kappa shape index (κ1) is 20.8. The van der Waals surface area contributed by atoms with Crippen LogP contribution in [0.5, 0.6) is 0 Å². The average Bonchev–Trinajstić information content (AvgIpc) is 2.94. The second-order valence-electron chi connectivity index (χ2n) is 6.71. The Labute approximate surface area is 174 Å². The number of carbonyl (C=O) groups excluding carboxylic acids is 1. The van der Waals surface area contributed by atoms with E-state index in [2.05, 4.69) is 0 Å². The van der Waals surface area contributed by atoms with Crippen molar-refractivity contribution in [2.75, 3.05) is 0 Å². The largest absolute Gasteiger partial charge is 0.344 e. The molecule has 2 N–H and O–H groups in total. The van der Waals surface area contributed by atoms with Crippen LogP contribution in [-0.4, -0.2) is 18.8 Å². The van der Waals surface area contributed by atoms with Crippen LogP contribution in [-0.2, 0) is 23.5 Å². The third-order valence-corrected chi connectivity index (χ3v) is 5.91. The Morgan fingerprint density at radius 1 is 1.17 bits per heavy atom. The minimum absolute atomic E-state index is 0.112. The fourth-order valence-electron chi connectivity index (χ4n) is 3.25. The van der Waals surface area contributed by atoms with Crippen LogP contribution in [0.2, 0.25) is 5.02 Å². The SMILES string of the molecule is Cc1cc(Cc2ccc(S(N)(=O)=O)cc2C#N)n(C)c1C(=O)c1ccc(Cl)cc1. The smallest absolute Gasteiger partial charge is 0.238 e. The van der Waals surface area contributed by atoms with Crippen LogP contribution in [0.1, 0.15) is 38.4 Å². The van der Waals surface area contributed by atoms with Gasteiger partial charge in [0.25, 0.3) is 0 Å². The Morgan fingerprint density at radius 2 is 1.83 bits per heavy atom. The van der Waals surface area contributed by atoms with Crippen molar-refractivity contribution in [2.45, 2.75) is 18.2 Å². The Hall–Kier alpha value is -2.92. The predicted octanol–water partition coefficient (Wildman–Crippen LogP) is 3.33. The molecule has 1 heterocycles. The summed E-state index contributed by atoms with van der Waals surface area (Å²) in [6, 6.07) is 14.8. The van der Waals surface area contributed by atoms with Crippen molar-refractivity contribution in [1.29, 1.82) is 5.26 Å². The van der Waals surface area contributed by atoms with Gasteiger partial charge in [0.1, 0.15) is 0 Å². The van der Waals surface area contributed by atoms with Gasteiger partial charge in [-0.2, -0.15) is 5.26 Å². The summed E-state index contributed by atoms with van der Waals surface area (Å²) in [7, 11) is -2.10. The Kier molecular flexibility index (Phi) is 5.62. The van der Waals surface area contributed by atoms with Gasteiger partial charge in [0.15, 0.2) is 0 Å². The first-order valence-electron chi connectivity index (χ1n) is 8.63. The van der Waals surface area contributed by atoms with E-state index in [1.54, 1.807) is 41.9 Å². The third-order valence-electron chi connectivity index (χ3n) is 4.75. The molecule has 0 saturated heterocycles. The van der Waals surface area contributed by atoms with E-state index in [1.807, 2.05) is 19.1 Å². The molecule has 0 amide bonds. The van der Waals surface area contributed by atoms with Gasteiger partial charge in [-0.3, -0.25) is 4.79 Å². The van der Waals surface area contributed by atoms with Crippen molar-refractivity contribution < 1.29 is 13.2 Å². The molecule has 6 nitrogen and oxygen atoms in total. The van der Waals surface area contributed by atoms with Gasteiger partial charge in [-0.1, -0.05) is 17.7 Å². The maximum Gasteiger partial charge on any atom is 0.238 e. The molecule has 3 aromatic rings. The molecule has 2 aromatic carbocycles. The molecule has 29 heavy (non-hydrogen) atoms. The lowest BCUT2D eigenvalue weighted by Crippen LogP contribution is -2.13. The molecule has 0 radical (unpaired) electrons. The van der Waals surface area contributed by atoms with Gasteiger partial charge in [0.2, 0.25) is 15.8 Å². The zero-order valence-electron chi connectivity index (χ0n) is 15.8. The molecule has 0 aliphatic heterocycles. The van der Waals surface area contributed by atoms with E-state index in [0.717, 1.165) is 11.3 Å². The number of nitriles is 1. The number of primary sulfonamides is 1. The van der Waals surface area contributed by atoms with Crippen molar-refractivity contribution in [3.05, 3.63) is 87.2 Å². The van der Waals surface area contributed by atoms with Gasteiger partial charge in [0.05, 0.1) is 22.2 Å². The van der Waals surface area contributed by atoms with Gasteiger partial charge in [-0.15, -0.1) is 0 Å². The zero-order valence-corrected chi connectivity index (χ0v) is 17.4. The maximum absolute atomic E-state index is 12.9. The minimum Gasteiger partial charge on any atom is -0.344 e. The summed E-state index contributed by atoms with van der Waals surface area (Å²) in [5.74, 6) is -0.127. The summed E-state index contributed by atoms with van der Waals surface area (Å²) >= 11 is 5.90. The molecule has 0 saturated carbocycles. The molecular weight excluding hydrogens is 410 g/mol. The quantitative estimate of drug-likeness (QED) is 0.630. The number of ketones is 1. The second-order valence-corrected chi connectivity index (χ2v) is 8.71. The summed E-state index contributed by atoms with van der Waals surface area (Å²) in [5.41, 5.74) is 3.57. The molecule has 148 valence electrons. The molecule has 0 bridgehead atoms. The van der Waals surface area contributed by atoms with E-state index in [-0.39, 0.29) is 16.2 Å². The summed E-state index contributed by atoms with van der Waals surface area (Å²) in [6.07, 6.45) is 0.360. The van der Waals surface area contributed by atoms with Crippen molar-refractivity contribution in [3.8, 4) is 6.07 Å². The number of carbonyl (C=O) groups is 1. The number of halogens is 1. The molecular formula is C21H18ClN3O3S. The number of nitrogens with zero attached hydrogens (tertiary/aromatic N) is 2. The van der Waals surface area contributed by atoms with E-state index in [0.29, 0.717) is 28.3 Å². The lowest BCUT2D eigenvalue weighted by Gasteiger charge is -2.10. The number of benzene rings is 2. The minimum atomic E-state index is -3.89. The van der Waals surface area contributed by atoms with Crippen LogP contribution in [0.3, 0.4) is 0 Å². The number of hydrogen-bond acceptors (Lipinski definition) is 4. The van der Waals surface area contributed by atoms with Gasteiger partial charge >= 0.3 is 0 Å². The lowest BCUT2D eigenvalue weighted by molar-refractivity contribution is 0.103. The summed E-state index contributed by atoms with van der Waals surface area (Å²) in [4.78, 5) is 12.8. The third kappa shape index (κ3) is 4.25. The van der Waals surface area contributed by atoms with Gasteiger partial charge in [-0.25, -0.2) is 13.6 Å². The van der Waals surface area contributed by atoms with E-state index in [9.17, 15) is 18.5 Å². The molecule has 0 aliphatic rings. The molecule has 0 unspecified atom stereocenters. The van der Waals surface area contributed by atoms with E-state index in [4.69, 9.17) is 16.7 Å². The van der Waals surface area contributed by atoms with Crippen molar-refractivity contribution in [3.63, 3.8) is 0 Å². The number of nitrogens with two attached hydrogens (primary N) is 1. The van der Waals surface area contributed by atoms with Crippen LogP contribution in [0.15, 0.2) is 53.4 Å². The Bertz CT molecular complexity index is 1250. The highest BCUT2D eigenvalue weighted by atomic mass is 35.5. The zero-order chi connectivity index (χ0) is 21.3. The summed E-state index contributed by atoms with van der Waals surface area (Å²) in [6.45, 7) is 1.85. The topological polar surface area (TPSA) is 106 Å². The number of sulfonamides is 1. The molecule has 8 heteroatoms. The van der Waals surface area contributed by atoms with Crippen LogP contribution < -0.4 is 5.14 Å². The van der Waals surface area contributed by atoms with Crippen molar-refractivity contribution in [1.82, 2.24) is 4.57 Å². The summed E-state index contributed by atoms with van der Waals surface area (Å²) < 4.78 is 24.8. The second kappa shape index (κ2) is 7.84. The van der Waals surface area contributed by atoms with E-state index in [1.165, 1.54) is 12.1 Å². The molecule has 0 aliphatic carbocycles. The molecule has 0 atom stereocenters. The molecule has 0 spiro atoms. The van der Waals surface area contributed by atoms with Crippen LogP contribution in [0.25, 0.3) is 0 Å². The van der Waals surface area contributed by atoms with Crippen molar-refractivity contribution >= 4 is 27.4 Å². The fourth-order valence-corrected chi connectivity index (χ4v) is 3.91. The first-order chi connectivity index (χ1) is 13.6. The monoisotopic (exact) mass is 427 g/mol. The maximum atomic E-state index is 12.9. The number of aromatic nitrogens is 1. The standard InChI is InChI=1S/C21H18ClN3O3S/c1-13-9-18(10-15-5-8-19(29(24,27)28)11-16(15)12-23)25(2)20(13)21(26)14-3-6-17(22)7-4-14/h3-9,11H,10H2,1-2H3,(H2,24,27,28). The van der Waals surface area contributed by atoms with Crippen LogP contribution in [0.4, 0.5) is 0 Å². The highest BCUT2D eigenvalue weighted by molar-refractivity contribution is 7.89. The average molecular weight is 428 g/mol. The Balaban J connectivity index is 1.98. The fraction of sp³-hybridized carbons (Fsp3) is 0.143. The van der Waals surface area contributed by atoms with E-state index >= 15 is 0 Å². The molecule has 3 rings (SSSR count). The highest BCUT2D eigenvalue weighted by Crippen LogP contribution is 2.23. The van der Waals surface area contributed by atoms with Crippen molar-refractivity contribution in [2.24, 2.45) is 12.2 Å². The first-order valence-corrected chi connectivity index (χ1v) is 10.6. The molecule has 1 aromatic heterocycles. The molecule has 0 fully saturated rings. The van der Waals surface area contributed by atoms with Crippen LogP contribution in [0, 0.1) is 18.3 Å². The Morgan fingerprint density at radius 3 is 2.41 bits per heavy atom. The van der Waals surface area contributed by atoms with E-state index < -0.39 is 10.0 Å². The predicted molar refractivity (Wildman–Crippen MR) is 110 cm³/mol. The summed E-state index contributed by atoms with van der Waals surface area (Å²) in [5, 5.41) is 15.1. The number of hydrogen-bond donors (Lipinski definition) is 1. The van der Waals surface area contributed by atoms with Gasteiger partial charge in [0, 0.05) is 29.7 Å². The van der Waals surface area contributed by atoms with Gasteiger partial charge < -0.3 is 4.57 Å².